The number of aryl methyl sites for hydroxylation is 2. The lowest BCUT2D eigenvalue weighted by Crippen LogP contribution is -2.25. The number of hydrogen-bond donors (Lipinski definition) is 2. The van der Waals surface area contributed by atoms with Crippen LogP contribution in [0.15, 0.2) is 11.9 Å². The first-order valence-corrected chi connectivity index (χ1v) is 5.77. The Morgan fingerprint density at radius 2 is 2.25 bits per heavy atom. The van der Waals surface area contributed by atoms with Gasteiger partial charge in [-0.25, -0.2) is 9.97 Å². The third kappa shape index (κ3) is 1.93. The molecule has 0 saturated heterocycles. The fourth-order valence-corrected chi connectivity index (χ4v) is 2.17. The Bertz CT molecular complexity index is 423. The molecule has 1 aliphatic rings. The molecule has 0 radical (unpaired) electrons. The van der Waals surface area contributed by atoms with Gasteiger partial charge in [0.05, 0.1) is 5.69 Å². The van der Waals surface area contributed by atoms with Crippen molar-refractivity contribution in [3.63, 3.8) is 0 Å². The van der Waals surface area contributed by atoms with Gasteiger partial charge in [-0.2, -0.15) is 0 Å². The Balaban J connectivity index is 2.50. The molecular formula is C12H18N4. The topological polar surface area (TPSA) is 63.8 Å². The van der Waals surface area contributed by atoms with E-state index in [-0.39, 0.29) is 0 Å². The molecule has 1 aromatic rings. The quantitative estimate of drug-likeness (QED) is 0.599. The smallest absolute Gasteiger partial charge is 0.125 e. The van der Waals surface area contributed by atoms with Crippen molar-refractivity contribution in [1.29, 1.82) is 0 Å². The Labute approximate surface area is 96.0 Å². The molecule has 0 bridgehead atoms. The highest BCUT2D eigenvalue weighted by Crippen LogP contribution is 2.31. The summed E-state index contributed by atoms with van der Waals surface area (Å²) < 4.78 is 0. The molecule has 1 aliphatic carbocycles. The second-order valence-corrected chi connectivity index (χ2v) is 4.14. The number of aromatic nitrogens is 2. The number of nitrogens with zero attached hydrogens (tertiary/aromatic N) is 2. The molecule has 0 unspecified atom stereocenters. The molecule has 0 amide bonds. The van der Waals surface area contributed by atoms with Gasteiger partial charge in [0.1, 0.15) is 5.82 Å². The van der Waals surface area contributed by atoms with Crippen LogP contribution >= 0.6 is 0 Å². The van der Waals surface area contributed by atoms with E-state index in [2.05, 4.69) is 22.3 Å². The van der Waals surface area contributed by atoms with Crippen LogP contribution in [0.4, 0.5) is 0 Å². The van der Waals surface area contributed by atoms with Gasteiger partial charge >= 0.3 is 0 Å². The van der Waals surface area contributed by atoms with Crippen LogP contribution in [-0.2, 0) is 6.42 Å². The number of hydrazine groups is 1. The Hall–Kier alpha value is -1.42. The zero-order chi connectivity index (χ0) is 11.5. The van der Waals surface area contributed by atoms with Crippen molar-refractivity contribution in [2.45, 2.75) is 39.5 Å². The van der Waals surface area contributed by atoms with E-state index in [0.29, 0.717) is 0 Å². The highest BCUT2D eigenvalue weighted by atomic mass is 15.2. The summed E-state index contributed by atoms with van der Waals surface area (Å²) in [7, 11) is 0. The van der Waals surface area contributed by atoms with Gasteiger partial charge in [-0.1, -0.05) is 13.3 Å². The third-order valence-corrected chi connectivity index (χ3v) is 2.95. The van der Waals surface area contributed by atoms with E-state index in [1.807, 2.05) is 13.1 Å². The Kier molecular flexibility index (Phi) is 3.19. The lowest BCUT2D eigenvalue weighted by molar-refractivity contribution is 0.748. The van der Waals surface area contributed by atoms with Crippen molar-refractivity contribution in [3.8, 4) is 0 Å². The molecule has 4 heteroatoms. The van der Waals surface area contributed by atoms with Crippen molar-refractivity contribution in [1.82, 2.24) is 15.4 Å². The molecule has 0 aliphatic heterocycles. The summed E-state index contributed by atoms with van der Waals surface area (Å²) in [6.45, 7) is 4.09. The minimum absolute atomic E-state index is 0.825. The zero-order valence-electron chi connectivity index (χ0n) is 9.88. The summed E-state index contributed by atoms with van der Waals surface area (Å²) in [6, 6.07) is 0. The highest BCUT2D eigenvalue weighted by Gasteiger charge is 2.19. The van der Waals surface area contributed by atoms with E-state index in [4.69, 9.17) is 5.84 Å². The number of nitrogens with two attached hydrogens (primary N) is 1. The number of rotatable bonds is 3. The maximum Gasteiger partial charge on any atom is 0.125 e. The van der Waals surface area contributed by atoms with E-state index < -0.39 is 0 Å². The van der Waals surface area contributed by atoms with Crippen LogP contribution in [0.3, 0.4) is 0 Å². The summed E-state index contributed by atoms with van der Waals surface area (Å²) >= 11 is 0. The van der Waals surface area contributed by atoms with Gasteiger partial charge in [0.25, 0.3) is 0 Å². The van der Waals surface area contributed by atoms with E-state index in [1.54, 1.807) is 0 Å². The first-order valence-electron chi connectivity index (χ1n) is 5.77. The van der Waals surface area contributed by atoms with Gasteiger partial charge in [0, 0.05) is 11.9 Å². The summed E-state index contributed by atoms with van der Waals surface area (Å²) in [4.78, 5) is 8.80. The molecule has 16 heavy (non-hydrogen) atoms. The molecule has 3 N–H and O–H groups in total. The largest absolute Gasteiger partial charge is 0.328 e. The molecule has 86 valence electrons. The second-order valence-electron chi connectivity index (χ2n) is 4.14. The Morgan fingerprint density at radius 3 is 2.94 bits per heavy atom. The molecule has 1 heterocycles. The average Bonchev–Trinajstić information content (AvgIpc) is 2.30. The van der Waals surface area contributed by atoms with Gasteiger partial charge in [0.15, 0.2) is 0 Å². The summed E-state index contributed by atoms with van der Waals surface area (Å²) in [6.07, 6.45) is 6.00. The van der Waals surface area contributed by atoms with E-state index in [1.165, 1.54) is 11.1 Å². The molecule has 0 saturated carbocycles. The normalized spacial score (nSPS) is 14.9. The Morgan fingerprint density at radius 1 is 1.44 bits per heavy atom. The van der Waals surface area contributed by atoms with Crippen molar-refractivity contribution >= 4 is 5.57 Å². The van der Waals surface area contributed by atoms with Crippen LogP contribution in [-0.4, -0.2) is 9.97 Å². The zero-order valence-corrected chi connectivity index (χ0v) is 9.88. The van der Waals surface area contributed by atoms with E-state index >= 15 is 0 Å². The monoisotopic (exact) mass is 218 g/mol. The molecule has 0 fully saturated rings. The molecule has 1 aromatic heterocycles. The van der Waals surface area contributed by atoms with Crippen LogP contribution in [0.5, 0.6) is 0 Å². The lowest BCUT2D eigenvalue weighted by atomic mass is 9.91. The standard InChI is InChI=1S/C12H18N4/c1-3-4-10-11(16-13)6-5-9-7-14-8(2)15-12(9)10/h7,16H,3-6,13H2,1-2H3. The van der Waals surface area contributed by atoms with Crippen LogP contribution in [0.25, 0.3) is 5.57 Å². The average molecular weight is 218 g/mol. The molecular weight excluding hydrogens is 200 g/mol. The number of nitrogens with one attached hydrogen (secondary N) is 1. The van der Waals surface area contributed by atoms with Gasteiger partial charge < -0.3 is 5.43 Å². The van der Waals surface area contributed by atoms with Crippen molar-refractivity contribution in [3.05, 3.63) is 29.0 Å². The highest BCUT2D eigenvalue weighted by molar-refractivity contribution is 5.69. The predicted molar refractivity (Wildman–Crippen MR) is 64.2 cm³/mol. The van der Waals surface area contributed by atoms with Crippen LogP contribution in [0.1, 0.15) is 43.3 Å². The third-order valence-electron chi connectivity index (χ3n) is 2.95. The first-order chi connectivity index (χ1) is 7.76. The van der Waals surface area contributed by atoms with Crippen LogP contribution < -0.4 is 11.3 Å². The van der Waals surface area contributed by atoms with Crippen molar-refractivity contribution in [2.24, 2.45) is 5.84 Å². The number of allylic oxidation sites excluding steroid dienone is 2. The van der Waals surface area contributed by atoms with Gasteiger partial charge in [-0.05, 0) is 37.3 Å². The molecule has 0 aromatic carbocycles. The van der Waals surface area contributed by atoms with Crippen molar-refractivity contribution < 1.29 is 0 Å². The molecule has 4 nitrogen and oxygen atoms in total. The maximum absolute atomic E-state index is 5.57. The van der Waals surface area contributed by atoms with Crippen molar-refractivity contribution in [2.75, 3.05) is 0 Å². The SMILES string of the molecule is CCCC1=C(NN)CCc2cnc(C)nc21. The van der Waals surface area contributed by atoms with E-state index in [9.17, 15) is 0 Å². The first kappa shape index (κ1) is 11.1. The minimum Gasteiger partial charge on any atom is -0.328 e. The number of hydrogen-bond acceptors (Lipinski definition) is 4. The predicted octanol–water partition coefficient (Wildman–Crippen LogP) is 1.71. The van der Waals surface area contributed by atoms with Gasteiger partial charge in [-0.3, -0.25) is 5.84 Å². The van der Waals surface area contributed by atoms with E-state index in [0.717, 1.165) is 42.9 Å². The molecule has 0 spiro atoms. The minimum atomic E-state index is 0.825. The maximum atomic E-state index is 5.57. The fraction of sp³-hybridized carbons (Fsp3) is 0.500. The lowest BCUT2D eigenvalue weighted by Gasteiger charge is -2.22. The van der Waals surface area contributed by atoms with Crippen LogP contribution in [0.2, 0.25) is 0 Å². The van der Waals surface area contributed by atoms with Gasteiger partial charge in [-0.15, -0.1) is 0 Å². The molecule has 2 rings (SSSR count). The summed E-state index contributed by atoms with van der Waals surface area (Å²) in [5, 5.41) is 0. The molecule has 0 atom stereocenters. The summed E-state index contributed by atoms with van der Waals surface area (Å²) in [5.74, 6) is 6.39. The van der Waals surface area contributed by atoms with Crippen LogP contribution in [0, 0.1) is 6.92 Å². The van der Waals surface area contributed by atoms with Gasteiger partial charge in [0.2, 0.25) is 0 Å². The second kappa shape index (κ2) is 4.61. The summed E-state index contributed by atoms with van der Waals surface area (Å²) in [5.41, 5.74) is 7.55. The number of fused-ring (bicyclic) bond motifs is 1. The fourth-order valence-electron chi connectivity index (χ4n) is 2.17.